The Hall–Kier alpha value is -0.120. The molecule has 0 aliphatic carbocycles. The minimum Gasteiger partial charge on any atom is -0.329 e. The fourth-order valence-corrected chi connectivity index (χ4v) is 1.94. The Balaban J connectivity index is 2.33. The SMILES string of the molecule is CCC1CN(CCN)CCC1N. The van der Waals surface area contributed by atoms with E-state index in [1.807, 2.05) is 0 Å². The molecule has 1 heterocycles. The van der Waals surface area contributed by atoms with Crippen molar-refractivity contribution in [1.29, 1.82) is 0 Å². The first-order valence-corrected chi connectivity index (χ1v) is 4.96. The van der Waals surface area contributed by atoms with Gasteiger partial charge in [0.1, 0.15) is 0 Å². The van der Waals surface area contributed by atoms with E-state index in [0.717, 1.165) is 32.6 Å². The van der Waals surface area contributed by atoms with Crippen LogP contribution in [0.1, 0.15) is 19.8 Å². The monoisotopic (exact) mass is 171 g/mol. The highest BCUT2D eigenvalue weighted by Gasteiger charge is 2.24. The Kier molecular flexibility index (Phi) is 3.98. The van der Waals surface area contributed by atoms with Crippen LogP contribution in [0.5, 0.6) is 0 Å². The molecule has 0 saturated carbocycles. The van der Waals surface area contributed by atoms with Gasteiger partial charge in [-0.3, -0.25) is 0 Å². The van der Waals surface area contributed by atoms with Gasteiger partial charge in [-0.2, -0.15) is 0 Å². The molecule has 0 radical (unpaired) electrons. The number of nitrogens with zero attached hydrogens (tertiary/aromatic N) is 1. The maximum atomic E-state index is 5.99. The first-order chi connectivity index (χ1) is 5.77. The third-order valence-electron chi connectivity index (χ3n) is 2.85. The van der Waals surface area contributed by atoms with Crippen LogP contribution in [0, 0.1) is 5.92 Å². The molecule has 0 amide bonds. The van der Waals surface area contributed by atoms with Gasteiger partial charge in [0.25, 0.3) is 0 Å². The Bertz CT molecular complexity index is 127. The molecule has 1 aliphatic heterocycles. The van der Waals surface area contributed by atoms with Crippen molar-refractivity contribution in [2.75, 3.05) is 26.2 Å². The van der Waals surface area contributed by atoms with Crippen molar-refractivity contribution >= 4 is 0 Å². The minimum atomic E-state index is 0.420. The van der Waals surface area contributed by atoms with E-state index in [-0.39, 0.29) is 0 Å². The molecule has 2 atom stereocenters. The van der Waals surface area contributed by atoms with E-state index in [1.165, 1.54) is 6.42 Å². The fourth-order valence-electron chi connectivity index (χ4n) is 1.94. The maximum Gasteiger partial charge on any atom is 0.0105 e. The molecule has 72 valence electrons. The molecule has 0 aromatic heterocycles. The lowest BCUT2D eigenvalue weighted by molar-refractivity contribution is 0.156. The van der Waals surface area contributed by atoms with E-state index in [9.17, 15) is 0 Å². The normalized spacial score (nSPS) is 32.2. The summed E-state index contributed by atoms with van der Waals surface area (Å²) < 4.78 is 0. The number of hydrogen-bond donors (Lipinski definition) is 2. The summed E-state index contributed by atoms with van der Waals surface area (Å²) in [6, 6.07) is 0.420. The van der Waals surface area contributed by atoms with Crippen LogP contribution in [-0.4, -0.2) is 37.1 Å². The lowest BCUT2D eigenvalue weighted by atomic mass is 9.91. The average molecular weight is 171 g/mol. The molecule has 0 spiro atoms. The summed E-state index contributed by atoms with van der Waals surface area (Å²) in [5.41, 5.74) is 11.5. The topological polar surface area (TPSA) is 55.3 Å². The van der Waals surface area contributed by atoms with Crippen LogP contribution in [0.2, 0.25) is 0 Å². The number of nitrogens with two attached hydrogens (primary N) is 2. The summed E-state index contributed by atoms with van der Waals surface area (Å²) >= 11 is 0. The Morgan fingerprint density at radius 3 is 2.83 bits per heavy atom. The van der Waals surface area contributed by atoms with Gasteiger partial charge in [0, 0.05) is 25.7 Å². The second-order valence-corrected chi connectivity index (χ2v) is 3.71. The molecule has 1 rings (SSSR count). The standard InChI is InChI=1S/C9H21N3/c1-2-8-7-12(6-4-10)5-3-9(8)11/h8-9H,2-7,10-11H2,1H3. The van der Waals surface area contributed by atoms with Crippen molar-refractivity contribution in [1.82, 2.24) is 4.90 Å². The highest BCUT2D eigenvalue weighted by molar-refractivity contribution is 4.81. The van der Waals surface area contributed by atoms with Crippen molar-refractivity contribution in [2.24, 2.45) is 17.4 Å². The average Bonchev–Trinajstić information content (AvgIpc) is 2.09. The van der Waals surface area contributed by atoms with E-state index in [0.29, 0.717) is 12.0 Å². The zero-order valence-corrected chi connectivity index (χ0v) is 8.00. The number of piperidine rings is 1. The van der Waals surface area contributed by atoms with Crippen molar-refractivity contribution in [2.45, 2.75) is 25.8 Å². The number of rotatable bonds is 3. The summed E-state index contributed by atoms with van der Waals surface area (Å²) in [5.74, 6) is 0.685. The van der Waals surface area contributed by atoms with Gasteiger partial charge in [-0.25, -0.2) is 0 Å². The Morgan fingerprint density at radius 2 is 2.25 bits per heavy atom. The quantitative estimate of drug-likeness (QED) is 0.628. The van der Waals surface area contributed by atoms with Gasteiger partial charge in [-0.1, -0.05) is 13.3 Å². The van der Waals surface area contributed by atoms with Crippen LogP contribution in [0.25, 0.3) is 0 Å². The molecule has 0 aromatic carbocycles. The van der Waals surface area contributed by atoms with Gasteiger partial charge in [-0.05, 0) is 18.9 Å². The minimum absolute atomic E-state index is 0.420. The molecule has 1 fully saturated rings. The molecule has 3 nitrogen and oxygen atoms in total. The highest BCUT2D eigenvalue weighted by Crippen LogP contribution is 2.17. The van der Waals surface area contributed by atoms with Gasteiger partial charge in [0.2, 0.25) is 0 Å². The molecule has 0 bridgehead atoms. The van der Waals surface area contributed by atoms with Gasteiger partial charge in [-0.15, -0.1) is 0 Å². The lowest BCUT2D eigenvalue weighted by Crippen LogP contribution is -2.48. The van der Waals surface area contributed by atoms with E-state index < -0.39 is 0 Å². The third-order valence-corrected chi connectivity index (χ3v) is 2.85. The first-order valence-electron chi connectivity index (χ1n) is 4.96. The van der Waals surface area contributed by atoms with Crippen LogP contribution in [-0.2, 0) is 0 Å². The number of hydrogen-bond acceptors (Lipinski definition) is 3. The summed E-state index contributed by atoms with van der Waals surface area (Å²) in [7, 11) is 0. The number of likely N-dealkylation sites (tertiary alicyclic amines) is 1. The predicted octanol–water partition coefficient (Wildman–Crippen LogP) is 0.00430. The van der Waals surface area contributed by atoms with E-state index in [2.05, 4.69) is 11.8 Å². The molecule has 12 heavy (non-hydrogen) atoms. The summed E-state index contributed by atoms with van der Waals surface area (Å²) in [5, 5.41) is 0. The zero-order valence-electron chi connectivity index (χ0n) is 8.00. The van der Waals surface area contributed by atoms with Crippen LogP contribution in [0.4, 0.5) is 0 Å². The van der Waals surface area contributed by atoms with E-state index in [1.54, 1.807) is 0 Å². The van der Waals surface area contributed by atoms with Crippen molar-refractivity contribution < 1.29 is 0 Å². The van der Waals surface area contributed by atoms with Crippen molar-refractivity contribution in [3.8, 4) is 0 Å². The smallest absolute Gasteiger partial charge is 0.0105 e. The lowest BCUT2D eigenvalue weighted by Gasteiger charge is -2.36. The highest BCUT2D eigenvalue weighted by atomic mass is 15.1. The Morgan fingerprint density at radius 1 is 1.50 bits per heavy atom. The third kappa shape index (κ3) is 2.44. The van der Waals surface area contributed by atoms with Gasteiger partial charge < -0.3 is 16.4 Å². The molecule has 1 saturated heterocycles. The molecule has 1 aliphatic rings. The van der Waals surface area contributed by atoms with E-state index >= 15 is 0 Å². The van der Waals surface area contributed by atoms with Gasteiger partial charge >= 0.3 is 0 Å². The first kappa shape index (κ1) is 9.96. The fraction of sp³-hybridized carbons (Fsp3) is 1.00. The van der Waals surface area contributed by atoms with Crippen molar-refractivity contribution in [3.63, 3.8) is 0 Å². The van der Waals surface area contributed by atoms with Gasteiger partial charge in [0.05, 0.1) is 0 Å². The van der Waals surface area contributed by atoms with Crippen molar-refractivity contribution in [3.05, 3.63) is 0 Å². The van der Waals surface area contributed by atoms with Crippen LogP contribution >= 0.6 is 0 Å². The molecule has 3 heteroatoms. The largest absolute Gasteiger partial charge is 0.329 e. The van der Waals surface area contributed by atoms with Crippen LogP contribution in [0.3, 0.4) is 0 Å². The summed E-state index contributed by atoms with van der Waals surface area (Å²) in [4.78, 5) is 2.43. The van der Waals surface area contributed by atoms with Crippen LogP contribution < -0.4 is 11.5 Å². The summed E-state index contributed by atoms with van der Waals surface area (Å²) in [6.07, 6.45) is 2.33. The molecular formula is C9H21N3. The molecule has 4 N–H and O–H groups in total. The summed E-state index contributed by atoms with van der Waals surface area (Å²) in [6.45, 7) is 6.30. The maximum absolute atomic E-state index is 5.99. The Labute approximate surface area is 75.1 Å². The van der Waals surface area contributed by atoms with E-state index in [4.69, 9.17) is 11.5 Å². The zero-order chi connectivity index (χ0) is 8.97. The second-order valence-electron chi connectivity index (χ2n) is 3.71. The molecular weight excluding hydrogens is 150 g/mol. The second kappa shape index (κ2) is 4.80. The van der Waals surface area contributed by atoms with Crippen LogP contribution in [0.15, 0.2) is 0 Å². The molecule has 2 unspecified atom stereocenters. The predicted molar refractivity (Wildman–Crippen MR) is 51.9 cm³/mol. The van der Waals surface area contributed by atoms with Gasteiger partial charge in [0.15, 0.2) is 0 Å². The molecule has 0 aromatic rings.